The highest BCUT2D eigenvalue weighted by atomic mass is 35.5. The van der Waals surface area contributed by atoms with Gasteiger partial charge in [0.1, 0.15) is 5.75 Å². The van der Waals surface area contributed by atoms with Gasteiger partial charge in [0.25, 0.3) is 5.91 Å². The van der Waals surface area contributed by atoms with Gasteiger partial charge in [0.2, 0.25) is 0 Å². The second kappa shape index (κ2) is 9.15. The maximum absolute atomic E-state index is 12.8. The van der Waals surface area contributed by atoms with Crippen LogP contribution in [0.2, 0.25) is 5.02 Å². The molecular weight excluding hydrogens is 378 g/mol. The van der Waals surface area contributed by atoms with E-state index in [0.29, 0.717) is 45.9 Å². The lowest BCUT2D eigenvalue weighted by Gasteiger charge is -2.14. The summed E-state index contributed by atoms with van der Waals surface area (Å²) in [6.07, 6.45) is 0. The summed E-state index contributed by atoms with van der Waals surface area (Å²) in [6.45, 7) is 2.28. The minimum absolute atomic E-state index is 0.306. The first-order chi connectivity index (χ1) is 13.6. The van der Waals surface area contributed by atoms with Gasteiger partial charge in [-0.2, -0.15) is 0 Å². The standard InChI is InChI=1S/C22H20ClNO4/c1-3-27-21-17(23)13-15(14-20(21)26-2)22(25)24-18-11-7-8-12-19(18)28-16-9-5-4-6-10-16/h4-14H,3H2,1-2H3,(H,24,25). The van der Waals surface area contributed by atoms with Crippen LogP contribution < -0.4 is 19.5 Å². The number of amides is 1. The van der Waals surface area contributed by atoms with E-state index in [2.05, 4.69) is 5.32 Å². The molecule has 0 radical (unpaired) electrons. The summed E-state index contributed by atoms with van der Waals surface area (Å²) < 4.78 is 16.7. The Morgan fingerprint density at radius 2 is 1.71 bits per heavy atom. The second-order valence-corrected chi connectivity index (χ2v) is 6.20. The Labute approximate surface area is 168 Å². The Morgan fingerprint density at radius 1 is 1.00 bits per heavy atom. The number of ether oxygens (including phenoxy) is 3. The Balaban J connectivity index is 1.85. The van der Waals surface area contributed by atoms with Crippen LogP contribution in [0.4, 0.5) is 5.69 Å². The molecule has 144 valence electrons. The van der Waals surface area contributed by atoms with Crippen LogP contribution in [-0.4, -0.2) is 19.6 Å². The average Bonchev–Trinajstić information content (AvgIpc) is 2.71. The quantitative estimate of drug-likeness (QED) is 0.548. The molecule has 0 aromatic heterocycles. The zero-order valence-corrected chi connectivity index (χ0v) is 16.3. The number of anilines is 1. The van der Waals surface area contributed by atoms with Crippen LogP contribution in [0.15, 0.2) is 66.7 Å². The van der Waals surface area contributed by atoms with Crippen LogP contribution in [0.3, 0.4) is 0 Å². The van der Waals surface area contributed by atoms with E-state index >= 15 is 0 Å². The normalized spacial score (nSPS) is 10.2. The average molecular weight is 398 g/mol. The van der Waals surface area contributed by atoms with Gasteiger partial charge < -0.3 is 19.5 Å². The van der Waals surface area contributed by atoms with Crippen molar-refractivity contribution in [1.29, 1.82) is 0 Å². The van der Waals surface area contributed by atoms with E-state index in [4.69, 9.17) is 25.8 Å². The molecule has 0 atom stereocenters. The van der Waals surface area contributed by atoms with Crippen LogP contribution >= 0.6 is 11.6 Å². The molecule has 0 aliphatic rings. The van der Waals surface area contributed by atoms with E-state index in [0.717, 1.165) is 0 Å². The first kappa shape index (κ1) is 19.6. The first-order valence-corrected chi connectivity index (χ1v) is 9.13. The smallest absolute Gasteiger partial charge is 0.255 e. The van der Waals surface area contributed by atoms with E-state index in [-0.39, 0.29) is 5.91 Å². The molecule has 0 saturated heterocycles. The molecule has 0 unspecified atom stereocenters. The lowest BCUT2D eigenvalue weighted by atomic mass is 10.1. The van der Waals surface area contributed by atoms with Crippen molar-refractivity contribution in [3.8, 4) is 23.0 Å². The molecule has 28 heavy (non-hydrogen) atoms. The van der Waals surface area contributed by atoms with Crippen molar-refractivity contribution in [1.82, 2.24) is 0 Å². The highest BCUT2D eigenvalue weighted by Crippen LogP contribution is 2.37. The molecule has 0 bridgehead atoms. The highest BCUT2D eigenvalue weighted by Gasteiger charge is 2.17. The Hall–Kier alpha value is -3.18. The number of nitrogens with one attached hydrogen (secondary N) is 1. The number of methoxy groups -OCH3 is 1. The Morgan fingerprint density at radius 3 is 2.43 bits per heavy atom. The van der Waals surface area contributed by atoms with Gasteiger partial charge in [-0.1, -0.05) is 41.9 Å². The van der Waals surface area contributed by atoms with Gasteiger partial charge >= 0.3 is 0 Å². The van der Waals surface area contributed by atoms with Gasteiger partial charge in [-0.3, -0.25) is 4.79 Å². The number of hydrogen-bond donors (Lipinski definition) is 1. The van der Waals surface area contributed by atoms with Gasteiger partial charge in [0, 0.05) is 5.56 Å². The predicted octanol–water partition coefficient (Wildman–Crippen LogP) is 5.79. The fraction of sp³-hybridized carbons (Fsp3) is 0.136. The maximum Gasteiger partial charge on any atom is 0.255 e. The summed E-state index contributed by atoms with van der Waals surface area (Å²) in [4.78, 5) is 12.8. The van der Waals surface area contributed by atoms with Crippen LogP contribution in [0.5, 0.6) is 23.0 Å². The van der Waals surface area contributed by atoms with E-state index in [1.54, 1.807) is 24.3 Å². The molecule has 0 spiro atoms. The van der Waals surface area contributed by atoms with Crippen molar-refractivity contribution in [2.75, 3.05) is 19.0 Å². The molecule has 3 aromatic carbocycles. The number of para-hydroxylation sites is 3. The molecule has 6 heteroatoms. The summed E-state index contributed by atoms with van der Waals surface area (Å²) in [5.74, 6) is 1.68. The van der Waals surface area contributed by atoms with Gasteiger partial charge in [-0.15, -0.1) is 0 Å². The number of carbonyl (C=O) groups is 1. The molecule has 1 amide bonds. The monoisotopic (exact) mass is 397 g/mol. The third kappa shape index (κ3) is 4.56. The van der Waals surface area contributed by atoms with Crippen molar-refractivity contribution < 1.29 is 19.0 Å². The molecule has 0 heterocycles. The van der Waals surface area contributed by atoms with Gasteiger partial charge in [0.05, 0.1) is 24.4 Å². The lowest BCUT2D eigenvalue weighted by molar-refractivity contribution is 0.102. The topological polar surface area (TPSA) is 56.8 Å². The van der Waals surface area contributed by atoms with Gasteiger partial charge in [-0.25, -0.2) is 0 Å². The molecule has 3 rings (SSSR count). The summed E-state index contributed by atoms with van der Waals surface area (Å²) in [5, 5.41) is 3.16. The lowest BCUT2D eigenvalue weighted by Crippen LogP contribution is -2.13. The largest absolute Gasteiger partial charge is 0.493 e. The van der Waals surface area contributed by atoms with Crippen molar-refractivity contribution >= 4 is 23.2 Å². The Kier molecular flexibility index (Phi) is 6.40. The molecule has 3 aromatic rings. The summed E-state index contributed by atoms with van der Waals surface area (Å²) in [6, 6.07) is 19.7. The summed E-state index contributed by atoms with van der Waals surface area (Å²) in [5.41, 5.74) is 0.889. The minimum Gasteiger partial charge on any atom is -0.493 e. The molecule has 0 aliphatic heterocycles. The predicted molar refractivity (Wildman–Crippen MR) is 110 cm³/mol. The van der Waals surface area contributed by atoms with Crippen LogP contribution in [0, 0.1) is 0 Å². The van der Waals surface area contributed by atoms with Crippen LogP contribution in [-0.2, 0) is 0 Å². The fourth-order valence-corrected chi connectivity index (χ4v) is 2.87. The maximum atomic E-state index is 12.8. The van der Waals surface area contributed by atoms with Crippen LogP contribution in [0.1, 0.15) is 17.3 Å². The zero-order valence-electron chi connectivity index (χ0n) is 15.6. The first-order valence-electron chi connectivity index (χ1n) is 8.76. The molecule has 0 saturated carbocycles. The van der Waals surface area contributed by atoms with Crippen LogP contribution in [0.25, 0.3) is 0 Å². The molecular formula is C22H20ClNO4. The van der Waals surface area contributed by atoms with E-state index in [9.17, 15) is 4.79 Å². The second-order valence-electron chi connectivity index (χ2n) is 5.79. The highest BCUT2D eigenvalue weighted by molar-refractivity contribution is 6.32. The van der Waals surface area contributed by atoms with Crippen molar-refractivity contribution in [2.45, 2.75) is 6.92 Å². The summed E-state index contributed by atoms with van der Waals surface area (Å²) >= 11 is 6.27. The molecule has 0 fully saturated rings. The van der Waals surface area contributed by atoms with Crippen molar-refractivity contribution in [3.05, 3.63) is 77.3 Å². The Bertz CT molecular complexity index is 960. The van der Waals surface area contributed by atoms with E-state index < -0.39 is 0 Å². The number of halogens is 1. The third-order valence-electron chi connectivity index (χ3n) is 3.89. The van der Waals surface area contributed by atoms with Gasteiger partial charge in [0.15, 0.2) is 17.2 Å². The third-order valence-corrected chi connectivity index (χ3v) is 4.17. The number of benzene rings is 3. The SMILES string of the molecule is CCOc1c(Cl)cc(C(=O)Nc2ccccc2Oc2ccccc2)cc1OC. The number of rotatable bonds is 7. The molecule has 5 nitrogen and oxygen atoms in total. The van der Waals surface area contributed by atoms with E-state index in [1.165, 1.54) is 7.11 Å². The molecule has 0 aliphatic carbocycles. The fourth-order valence-electron chi connectivity index (χ4n) is 2.60. The van der Waals surface area contributed by atoms with Crippen molar-refractivity contribution in [2.24, 2.45) is 0 Å². The number of hydrogen-bond acceptors (Lipinski definition) is 4. The zero-order chi connectivity index (χ0) is 19.9. The van der Waals surface area contributed by atoms with E-state index in [1.807, 2.05) is 49.4 Å². The number of carbonyl (C=O) groups excluding carboxylic acids is 1. The van der Waals surface area contributed by atoms with Gasteiger partial charge in [-0.05, 0) is 43.3 Å². The van der Waals surface area contributed by atoms with Crippen molar-refractivity contribution in [3.63, 3.8) is 0 Å². The minimum atomic E-state index is -0.340. The molecule has 1 N–H and O–H groups in total. The summed E-state index contributed by atoms with van der Waals surface area (Å²) in [7, 11) is 1.50.